The van der Waals surface area contributed by atoms with Gasteiger partial charge in [0.05, 0.1) is 6.61 Å². The molecule has 26 heavy (non-hydrogen) atoms. The van der Waals surface area contributed by atoms with Gasteiger partial charge in [0.25, 0.3) is 5.91 Å². The van der Waals surface area contributed by atoms with Crippen LogP contribution in [-0.4, -0.2) is 47.7 Å². The minimum absolute atomic E-state index is 0.404. The van der Waals surface area contributed by atoms with Crippen LogP contribution in [0.3, 0.4) is 0 Å². The van der Waals surface area contributed by atoms with Crippen LogP contribution in [0.2, 0.25) is 0 Å². The molecule has 0 saturated carbocycles. The highest BCUT2D eigenvalue weighted by atomic mass is 16.5. The highest BCUT2D eigenvalue weighted by Gasteiger charge is 2.30. The number of morpholine rings is 1. The van der Waals surface area contributed by atoms with Crippen LogP contribution in [0.25, 0.3) is 0 Å². The summed E-state index contributed by atoms with van der Waals surface area (Å²) >= 11 is 0. The normalized spacial score (nSPS) is 18.8. The molecular weight excluding hydrogens is 332 g/mol. The van der Waals surface area contributed by atoms with Gasteiger partial charge < -0.3 is 15.2 Å². The summed E-state index contributed by atoms with van der Waals surface area (Å²) in [6.45, 7) is 2.34. The SMILES string of the molecule is O=C(N[C@@H](C(=O)O)c1ccccc1)C1CN(Cc2ccccc2)CCO1. The molecule has 0 aromatic heterocycles. The number of aliphatic carboxylic acids is 1. The molecule has 0 bridgehead atoms. The van der Waals surface area contributed by atoms with E-state index in [1.165, 1.54) is 5.56 Å². The Labute approximate surface area is 152 Å². The third kappa shape index (κ3) is 4.68. The van der Waals surface area contributed by atoms with Gasteiger partial charge in [-0.3, -0.25) is 9.69 Å². The highest BCUT2D eigenvalue weighted by molar-refractivity contribution is 5.87. The minimum atomic E-state index is -1.10. The molecule has 1 amide bonds. The fourth-order valence-corrected chi connectivity index (χ4v) is 3.01. The van der Waals surface area contributed by atoms with E-state index in [-0.39, 0.29) is 0 Å². The largest absolute Gasteiger partial charge is 0.479 e. The summed E-state index contributed by atoms with van der Waals surface area (Å²) in [6.07, 6.45) is -0.682. The molecule has 0 aliphatic carbocycles. The van der Waals surface area contributed by atoms with Crippen molar-refractivity contribution in [1.29, 1.82) is 0 Å². The number of carboxylic acids is 1. The Morgan fingerprint density at radius 1 is 1.12 bits per heavy atom. The number of ether oxygens (including phenoxy) is 1. The summed E-state index contributed by atoms with van der Waals surface area (Å²) in [5, 5.41) is 12.1. The van der Waals surface area contributed by atoms with E-state index < -0.39 is 24.0 Å². The number of benzene rings is 2. The fraction of sp³-hybridized carbons (Fsp3) is 0.300. The van der Waals surface area contributed by atoms with Gasteiger partial charge >= 0.3 is 5.97 Å². The van der Waals surface area contributed by atoms with E-state index in [1.807, 2.05) is 30.3 Å². The molecule has 1 unspecified atom stereocenters. The van der Waals surface area contributed by atoms with E-state index in [0.717, 1.165) is 13.1 Å². The Balaban J connectivity index is 1.62. The van der Waals surface area contributed by atoms with Crippen LogP contribution in [-0.2, 0) is 20.9 Å². The number of amides is 1. The molecule has 1 fully saturated rings. The molecule has 3 rings (SSSR count). The lowest BCUT2D eigenvalue weighted by Crippen LogP contribution is -2.50. The van der Waals surface area contributed by atoms with Gasteiger partial charge in [0.1, 0.15) is 6.10 Å². The molecule has 1 aliphatic heterocycles. The fourth-order valence-electron chi connectivity index (χ4n) is 3.01. The number of nitrogens with zero attached hydrogens (tertiary/aromatic N) is 1. The molecule has 1 aliphatic rings. The van der Waals surface area contributed by atoms with E-state index in [1.54, 1.807) is 30.3 Å². The quantitative estimate of drug-likeness (QED) is 0.827. The van der Waals surface area contributed by atoms with E-state index in [4.69, 9.17) is 4.74 Å². The Kier molecular flexibility index (Phi) is 5.99. The van der Waals surface area contributed by atoms with Crippen molar-refractivity contribution < 1.29 is 19.4 Å². The van der Waals surface area contributed by atoms with Crippen LogP contribution in [0.4, 0.5) is 0 Å². The number of carboxylic acid groups (broad SMARTS) is 1. The van der Waals surface area contributed by atoms with Crippen molar-refractivity contribution in [2.75, 3.05) is 19.7 Å². The number of carbonyl (C=O) groups excluding carboxylic acids is 1. The zero-order valence-corrected chi connectivity index (χ0v) is 14.4. The summed E-state index contributed by atoms with van der Waals surface area (Å²) in [5.41, 5.74) is 1.70. The Hall–Kier alpha value is -2.70. The van der Waals surface area contributed by atoms with Crippen molar-refractivity contribution in [3.8, 4) is 0 Å². The number of hydrogen-bond acceptors (Lipinski definition) is 4. The van der Waals surface area contributed by atoms with Crippen molar-refractivity contribution in [3.63, 3.8) is 0 Å². The van der Waals surface area contributed by atoms with Crippen molar-refractivity contribution >= 4 is 11.9 Å². The Morgan fingerprint density at radius 2 is 1.77 bits per heavy atom. The third-order valence-corrected chi connectivity index (χ3v) is 4.36. The van der Waals surface area contributed by atoms with E-state index in [0.29, 0.717) is 18.7 Å². The van der Waals surface area contributed by atoms with Gasteiger partial charge in [-0.2, -0.15) is 0 Å². The van der Waals surface area contributed by atoms with Crippen LogP contribution >= 0.6 is 0 Å². The van der Waals surface area contributed by atoms with Crippen LogP contribution < -0.4 is 5.32 Å². The van der Waals surface area contributed by atoms with Gasteiger partial charge in [-0.05, 0) is 11.1 Å². The number of carbonyl (C=O) groups is 2. The summed E-state index contributed by atoms with van der Waals surface area (Å²) in [4.78, 5) is 26.3. The van der Waals surface area contributed by atoms with Gasteiger partial charge in [-0.15, -0.1) is 0 Å². The average Bonchev–Trinajstić information content (AvgIpc) is 2.67. The third-order valence-electron chi connectivity index (χ3n) is 4.36. The Morgan fingerprint density at radius 3 is 2.42 bits per heavy atom. The standard InChI is InChI=1S/C20H22N2O4/c23-19(21-18(20(24)25)16-9-5-2-6-10-16)17-14-22(11-12-26-17)13-15-7-3-1-4-8-15/h1-10,17-18H,11-14H2,(H,21,23)(H,24,25)/t17?,18-/m1/s1. The summed E-state index contributed by atoms with van der Waals surface area (Å²) in [5.74, 6) is -1.50. The van der Waals surface area contributed by atoms with Gasteiger partial charge in [-0.1, -0.05) is 60.7 Å². The van der Waals surface area contributed by atoms with Crippen molar-refractivity contribution in [1.82, 2.24) is 10.2 Å². The summed E-state index contributed by atoms with van der Waals surface area (Å²) in [7, 11) is 0. The molecule has 1 saturated heterocycles. The first-order chi connectivity index (χ1) is 12.6. The highest BCUT2D eigenvalue weighted by Crippen LogP contribution is 2.15. The number of hydrogen-bond donors (Lipinski definition) is 2. The molecule has 2 aromatic carbocycles. The maximum absolute atomic E-state index is 12.6. The average molecular weight is 354 g/mol. The van der Waals surface area contributed by atoms with E-state index in [9.17, 15) is 14.7 Å². The number of rotatable bonds is 6. The second kappa shape index (κ2) is 8.60. The molecular formula is C20H22N2O4. The first-order valence-corrected chi connectivity index (χ1v) is 8.59. The topological polar surface area (TPSA) is 78.9 Å². The molecule has 1 heterocycles. The number of nitrogens with one attached hydrogen (secondary N) is 1. The van der Waals surface area contributed by atoms with Crippen LogP contribution in [0.1, 0.15) is 17.2 Å². The molecule has 136 valence electrons. The maximum atomic E-state index is 12.6. The monoisotopic (exact) mass is 354 g/mol. The van der Waals surface area contributed by atoms with E-state index >= 15 is 0 Å². The summed E-state index contributed by atoms with van der Waals surface area (Å²) < 4.78 is 5.58. The van der Waals surface area contributed by atoms with Gasteiger partial charge in [0.15, 0.2) is 6.04 Å². The van der Waals surface area contributed by atoms with E-state index in [2.05, 4.69) is 10.2 Å². The maximum Gasteiger partial charge on any atom is 0.330 e. The zero-order valence-electron chi connectivity index (χ0n) is 14.4. The predicted octanol–water partition coefficient (Wildman–Crippen LogP) is 1.83. The lowest BCUT2D eigenvalue weighted by atomic mass is 10.1. The van der Waals surface area contributed by atoms with Crippen LogP contribution in [0.5, 0.6) is 0 Å². The molecule has 6 heteroatoms. The lowest BCUT2D eigenvalue weighted by molar-refractivity contribution is -0.147. The second-order valence-electron chi connectivity index (χ2n) is 6.27. The smallest absolute Gasteiger partial charge is 0.330 e. The van der Waals surface area contributed by atoms with Gasteiger partial charge in [-0.25, -0.2) is 4.79 Å². The molecule has 2 atom stereocenters. The molecule has 0 spiro atoms. The van der Waals surface area contributed by atoms with Crippen LogP contribution in [0.15, 0.2) is 60.7 Å². The van der Waals surface area contributed by atoms with Crippen molar-refractivity contribution in [2.24, 2.45) is 0 Å². The van der Waals surface area contributed by atoms with Crippen molar-refractivity contribution in [3.05, 3.63) is 71.8 Å². The second-order valence-corrected chi connectivity index (χ2v) is 6.27. The van der Waals surface area contributed by atoms with Gasteiger partial charge in [0, 0.05) is 19.6 Å². The molecule has 0 radical (unpaired) electrons. The summed E-state index contributed by atoms with van der Waals surface area (Å²) in [6, 6.07) is 17.6. The first-order valence-electron chi connectivity index (χ1n) is 8.59. The zero-order chi connectivity index (χ0) is 18.4. The molecule has 2 aromatic rings. The molecule has 2 N–H and O–H groups in total. The van der Waals surface area contributed by atoms with Crippen molar-refractivity contribution in [2.45, 2.75) is 18.7 Å². The Bertz CT molecular complexity index is 736. The molecule has 6 nitrogen and oxygen atoms in total. The first kappa shape index (κ1) is 18.1. The van der Waals surface area contributed by atoms with Gasteiger partial charge in [0.2, 0.25) is 0 Å². The minimum Gasteiger partial charge on any atom is -0.479 e. The predicted molar refractivity (Wildman–Crippen MR) is 96.4 cm³/mol. The van der Waals surface area contributed by atoms with Crippen LogP contribution in [0, 0.1) is 0 Å². The lowest BCUT2D eigenvalue weighted by Gasteiger charge is -2.32.